The molecule has 4 rings (SSSR count). The third kappa shape index (κ3) is 3.80. The van der Waals surface area contributed by atoms with Crippen LogP contribution in [0.25, 0.3) is 0 Å². The zero-order valence-electron chi connectivity index (χ0n) is 16.0. The Kier molecular flexibility index (Phi) is 5.44. The van der Waals surface area contributed by atoms with Gasteiger partial charge in [0.25, 0.3) is 0 Å². The highest BCUT2D eigenvalue weighted by atomic mass is 16.2. The fraction of sp³-hybridized carbons (Fsp3) is 0.391. The summed E-state index contributed by atoms with van der Waals surface area (Å²) in [6, 6.07) is 21.1. The Morgan fingerprint density at radius 1 is 0.821 bits per heavy atom. The van der Waals surface area contributed by atoms with Crippen LogP contribution in [0, 0.1) is 11.8 Å². The van der Waals surface area contributed by atoms with Gasteiger partial charge in [-0.15, -0.1) is 0 Å². The Hall–Kier alpha value is -2.66. The number of nitrogens with two attached hydrogens (primary N) is 1. The topological polar surface area (TPSA) is 66.6 Å². The van der Waals surface area contributed by atoms with Crippen molar-refractivity contribution in [3.8, 4) is 0 Å². The van der Waals surface area contributed by atoms with Gasteiger partial charge >= 0.3 is 0 Å². The summed E-state index contributed by atoms with van der Waals surface area (Å²) in [5, 5.41) is 0. The van der Waals surface area contributed by atoms with Gasteiger partial charge in [-0.1, -0.05) is 60.7 Å². The smallest absolute Gasteiger partial charge is 0.228 e. The molecule has 5 heteroatoms. The number of carbonyl (C=O) groups excluding carboxylic acids is 2. The molecule has 0 atom stereocenters. The zero-order chi connectivity index (χ0) is 19.5. The maximum Gasteiger partial charge on any atom is 0.228 e. The van der Waals surface area contributed by atoms with Crippen molar-refractivity contribution in [2.75, 3.05) is 26.2 Å². The molecule has 28 heavy (non-hydrogen) atoms. The Bertz CT molecular complexity index is 771. The maximum atomic E-state index is 12.9. The van der Waals surface area contributed by atoms with E-state index in [1.54, 1.807) is 0 Å². The maximum absolute atomic E-state index is 12.9. The average Bonchev–Trinajstić information content (AvgIpc) is 2.71. The van der Waals surface area contributed by atoms with Gasteiger partial charge in [-0.05, 0) is 24.0 Å². The van der Waals surface area contributed by atoms with Crippen molar-refractivity contribution in [1.82, 2.24) is 9.80 Å². The van der Waals surface area contributed by atoms with Gasteiger partial charge in [-0.25, -0.2) is 0 Å². The second-order valence-electron chi connectivity index (χ2n) is 7.88. The van der Waals surface area contributed by atoms with E-state index in [0.717, 1.165) is 13.1 Å². The molecular weight excluding hydrogens is 350 g/mol. The molecule has 2 amide bonds. The van der Waals surface area contributed by atoms with Gasteiger partial charge < -0.3 is 10.6 Å². The van der Waals surface area contributed by atoms with E-state index in [1.807, 2.05) is 17.0 Å². The molecule has 0 bridgehead atoms. The molecule has 0 saturated carbocycles. The van der Waals surface area contributed by atoms with Crippen LogP contribution in [0.15, 0.2) is 60.7 Å². The number of carbonyl (C=O) groups is 2. The van der Waals surface area contributed by atoms with E-state index < -0.39 is 0 Å². The molecule has 2 N–H and O–H groups in total. The quantitative estimate of drug-likeness (QED) is 0.870. The number of hydrogen-bond donors (Lipinski definition) is 1. The van der Waals surface area contributed by atoms with Crippen molar-refractivity contribution in [2.24, 2.45) is 17.6 Å². The predicted molar refractivity (Wildman–Crippen MR) is 108 cm³/mol. The highest BCUT2D eigenvalue weighted by Crippen LogP contribution is 2.35. The third-order valence-corrected chi connectivity index (χ3v) is 6.06. The normalized spacial score (nSPS) is 18.8. The number of hydrogen-bond acceptors (Lipinski definition) is 3. The van der Waals surface area contributed by atoms with Crippen LogP contribution in [-0.2, 0) is 9.59 Å². The molecule has 0 spiro atoms. The third-order valence-electron chi connectivity index (χ3n) is 6.06. The van der Waals surface area contributed by atoms with Crippen LogP contribution in [-0.4, -0.2) is 47.8 Å². The van der Waals surface area contributed by atoms with E-state index in [9.17, 15) is 9.59 Å². The molecule has 2 aromatic carbocycles. The number of benzene rings is 2. The molecular formula is C23H27N3O2. The SMILES string of the molecule is NC(=O)C1CCN(C(=O)C2CN(C(c3ccccc3)c3ccccc3)C2)CC1. The Labute approximate surface area is 166 Å². The summed E-state index contributed by atoms with van der Waals surface area (Å²) in [6.45, 7) is 2.82. The lowest BCUT2D eigenvalue weighted by Crippen LogP contribution is -2.56. The van der Waals surface area contributed by atoms with E-state index in [-0.39, 0.29) is 29.7 Å². The van der Waals surface area contributed by atoms with E-state index in [0.29, 0.717) is 25.9 Å². The summed E-state index contributed by atoms with van der Waals surface area (Å²) in [4.78, 5) is 28.5. The Balaban J connectivity index is 1.41. The molecule has 0 radical (unpaired) electrons. The second kappa shape index (κ2) is 8.15. The molecule has 2 aliphatic heterocycles. The van der Waals surface area contributed by atoms with Gasteiger partial charge in [0, 0.05) is 32.1 Å². The van der Waals surface area contributed by atoms with Crippen LogP contribution in [0.1, 0.15) is 30.0 Å². The van der Waals surface area contributed by atoms with Crippen LogP contribution < -0.4 is 5.73 Å². The minimum atomic E-state index is -0.240. The number of nitrogens with zero attached hydrogens (tertiary/aromatic N) is 2. The summed E-state index contributed by atoms with van der Waals surface area (Å²) in [7, 11) is 0. The van der Waals surface area contributed by atoms with Crippen LogP contribution in [0.4, 0.5) is 0 Å². The fourth-order valence-electron chi connectivity index (χ4n) is 4.41. The van der Waals surface area contributed by atoms with Crippen molar-refractivity contribution < 1.29 is 9.59 Å². The second-order valence-corrected chi connectivity index (χ2v) is 7.88. The van der Waals surface area contributed by atoms with Crippen molar-refractivity contribution >= 4 is 11.8 Å². The molecule has 0 aliphatic carbocycles. The average molecular weight is 377 g/mol. The van der Waals surface area contributed by atoms with E-state index in [1.165, 1.54) is 11.1 Å². The lowest BCUT2D eigenvalue weighted by Gasteiger charge is -2.46. The monoisotopic (exact) mass is 377 g/mol. The fourth-order valence-corrected chi connectivity index (χ4v) is 4.41. The molecule has 146 valence electrons. The number of amides is 2. The van der Waals surface area contributed by atoms with Crippen molar-refractivity contribution in [3.63, 3.8) is 0 Å². The van der Waals surface area contributed by atoms with Gasteiger partial charge in [-0.2, -0.15) is 0 Å². The molecule has 5 nitrogen and oxygen atoms in total. The predicted octanol–water partition coefficient (Wildman–Crippen LogP) is 2.43. The van der Waals surface area contributed by atoms with Crippen LogP contribution in [0.3, 0.4) is 0 Å². The molecule has 2 heterocycles. The van der Waals surface area contributed by atoms with Crippen LogP contribution >= 0.6 is 0 Å². The lowest BCUT2D eigenvalue weighted by atomic mass is 9.88. The zero-order valence-corrected chi connectivity index (χ0v) is 16.0. The Morgan fingerprint density at radius 3 is 1.79 bits per heavy atom. The van der Waals surface area contributed by atoms with E-state index in [2.05, 4.69) is 53.4 Å². The van der Waals surface area contributed by atoms with Crippen molar-refractivity contribution in [1.29, 1.82) is 0 Å². The first-order valence-corrected chi connectivity index (χ1v) is 10.1. The minimum absolute atomic E-state index is 0.0417. The first-order valence-electron chi connectivity index (χ1n) is 10.1. The van der Waals surface area contributed by atoms with Gasteiger partial charge in [0.15, 0.2) is 0 Å². The molecule has 2 aromatic rings. The van der Waals surface area contributed by atoms with Gasteiger partial charge in [0.1, 0.15) is 0 Å². The number of primary amides is 1. The standard InChI is InChI=1S/C23H27N3O2/c24-22(27)19-11-13-25(14-12-19)23(28)20-15-26(16-20)21(17-7-3-1-4-8-17)18-9-5-2-6-10-18/h1-10,19-21H,11-16H2,(H2,24,27). The van der Waals surface area contributed by atoms with Crippen LogP contribution in [0.2, 0.25) is 0 Å². The molecule has 0 unspecified atom stereocenters. The first-order chi connectivity index (χ1) is 13.6. The van der Waals surface area contributed by atoms with Gasteiger partial charge in [0.2, 0.25) is 11.8 Å². The first kappa shape index (κ1) is 18.7. The van der Waals surface area contributed by atoms with E-state index in [4.69, 9.17) is 5.73 Å². The molecule has 2 fully saturated rings. The number of likely N-dealkylation sites (tertiary alicyclic amines) is 2. The van der Waals surface area contributed by atoms with E-state index >= 15 is 0 Å². The summed E-state index contributed by atoms with van der Waals surface area (Å²) >= 11 is 0. The van der Waals surface area contributed by atoms with Crippen molar-refractivity contribution in [2.45, 2.75) is 18.9 Å². The van der Waals surface area contributed by atoms with Gasteiger partial charge in [0.05, 0.1) is 12.0 Å². The Morgan fingerprint density at radius 2 is 1.32 bits per heavy atom. The number of piperidine rings is 1. The molecule has 0 aromatic heterocycles. The summed E-state index contributed by atoms with van der Waals surface area (Å²) in [6.07, 6.45) is 1.38. The van der Waals surface area contributed by atoms with Gasteiger partial charge in [-0.3, -0.25) is 14.5 Å². The lowest BCUT2D eigenvalue weighted by molar-refractivity contribution is -0.144. The summed E-state index contributed by atoms with van der Waals surface area (Å²) in [5.74, 6) is -0.0583. The number of rotatable bonds is 5. The highest BCUT2D eigenvalue weighted by Gasteiger charge is 2.40. The molecule has 2 aliphatic rings. The largest absolute Gasteiger partial charge is 0.369 e. The van der Waals surface area contributed by atoms with Crippen molar-refractivity contribution in [3.05, 3.63) is 71.8 Å². The summed E-state index contributed by atoms with van der Waals surface area (Å²) in [5.41, 5.74) is 7.90. The summed E-state index contributed by atoms with van der Waals surface area (Å²) < 4.78 is 0. The van der Waals surface area contributed by atoms with Crippen LogP contribution in [0.5, 0.6) is 0 Å². The molecule has 2 saturated heterocycles. The minimum Gasteiger partial charge on any atom is -0.369 e. The highest BCUT2D eigenvalue weighted by molar-refractivity contribution is 5.81.